The molecule has 6 nitrogen and oxygen atoms in total. The molecule has 0 saturated carbocycles. The first-order chi connectivity index (χ1) is 12.1. The number of nitrogens with two attached hydrogens (primary N) is 1. The highest BCUT2D eigenvalue weighted by atomic mass is 16.2. The molecule has 2 aromatic carbocycles. The first kappa shape index (κ1) is 15.1. The molecule has 3 N–H and O–H groups in total. The van der Waals surface area contributed by atoms with Gasteiger partial charge in [-0.3, -0.25) is 14.6 Å². The van der Waals surface area contributed by atoms with Gasteiger partial charge in [-0.1, -0.05) is 36.4 Å². The lowest BCUT2D eigenvalue weighted by Gasteiger charge is -2.38. The third-order valence-electron chi connectivity index (χ3n) is 4.32. The predicted octanol–water partition coefficient (Wildman–Crippen LogP) is 1.97. The second kappa shape index (κ2) is 5.90. The van der Waals surface area contributed by atoms with Gasteiger partial charge in [0.25, 0.3) is 5.91 Å². The van der Waals surface area contributed by atoms with Crippen LogP contribution in [0, 0.1) is 0 Å². The summed E-state index contributed by atoms with van der Waals surface area (Å²) in [6.07, 6.45) is 1.19. The van der Waals surface area contributed by atoms with Gasteiger partial charge in [0.05, 0.1) is 23.3 Å². The molecule has 0 unspecified atom stereocenters. The highest BCUT2D eigenvalue weighted by Crippen LogP contribution is 2.34. The van der Waals surface area contributed by atoms with Crippen LogP contribution in [0.1, 0.15) is 22.1 Å². The number of aromatic nitrogens is 1. The number of hydrogen-bond acceptors (Lipinski definition) is 4. The zero-order chi connectivity index (χ0) is 17.4. The molecule has 1 atom stereocenters. The average molecular weight is 332 g/mol. The number of carbonyl (C=O) groups excluding carboxylic acids is 2. The Hall–Kier alpha value is -3.41. The maximum Gasteiger partial charge on any atom is 0.255 e. The summed E-state index contributed by atoms with van der Waals surface area (Å²) in [5.74, 6) is -0.654. The van der Waals surface area contributed by atoms with Crippen LogP contribution < -0.4 is 16.0 Å². The van der Waals surface area contributed by atoms with E-state index in [-0.39, 0.29) is 12.5 Å². The van der Waals surface area contributed by atoms with Crippen LogP contribution in [-0.2, 0) is 4.79 Å². The first-order valence-electron chi connectivity index (χ1n) is 7.93. The largest absolute Gasteiger partial charge is 0.368 e. The SMILES string of the molecule is NC(=O)CN1c2ccccc2C(=O)N[C@H]1c1cccc2cccnc12. The summed E-state index contributed by atoms with van der Waals surface area (Å²) >= 11 is 0. The van der Waals surface area contributed by atoms with E-state index in [0.717, 1.165) is 16.5 Å². The van der Waals surface area contributed by atoms with Gasteiger partial charge in [-0.05, 0) is 18.2 Å². The van der Waals surface area contributed by atoms with Crippen LogP contribution in [0.2, 0.25) is 0 Å². The van der Waals surface area contributed by atoms with E-state index in [1.54, 1.807) is 18.3 Å². The lowest BCUT2D eigenvalue weighted by atomic mass is 10.0. The van der Waals surface area contributed by atoms with Crippen molar-refractivity contribution in [3.05, 3.63) is 71.9 Å². The number of primary amides is 1. The minimum absolute atomic E-state index is 0.00875. The van der Waals surface area contributed by atoms with Crippen LogP contribution in [-0.4, -0.2) is 23.3 Å². The Morgan fingerprint density at radius 3 is 2.76 bits per heavy atom. The van der Waals surface area contributed by atoms with Gasteiger partial charge < -0.3 is 16.0 Å². The number of pyridine rings is 1. The van der Waals surface area contributed by atoms with Gasteiger partial charge in [-0.15, -0.1) is 0 Å². The Morgan fingerprint density at radius 2 is 1.92 bits per heavy atom. The van der Waals surface area contributed by atoms with E-state index >= 15 is 0 Å². The minimum atomic E-state index is -0.520. The van der Waals surface area contributed by atoms with Crippen LogP contribution in [0.5, 0.6) is 0 Å². The molecule has 0 saturated heterocycles. The Morgan fingerprint density at radius 1 is 1.12 bits per heavy atom. The van der Waals surface area contributed by atoms with E-state index in [2.05, 4.69) is 10.3 Å². The number of nitrogens with zero attached hydrogens (tertiary/aromatic N) is 2. The third kappa shape index (κ3) is 2.57. The lowest BCUT2D eigenvalue weighted by Crippen LogP contribution is -2.49. The van der Waals surface area contributed by atoms with Gasteiger partial charge in [0.15, 0.2) is 0 Å². The fraction of sp³-hybridized carbons (Fsp3) is 0.105. The number of rotatable bonds is 3. The highest BCUT2D eigenvalue weighted by Gasteiger charge is 2.33. The number of hydrogen-bond donors (Lipinski definition) is 2. The van der Waals surface area contributed by atoms with Crippen molar-refractivity contribution < 1.29 is 9.59 Å². The molecule has 4 rings (SSSR count). The molecule has 0 radical (unpaired) electrons. The fourth-order valence-corrected chi connectivity index (χ4v) is 3.27. The van der Waals surface area contributed by atoms with Gasteiger partial charge in [0.1, 0.15) is 6.17 Å². The number of nitrogens with one attached hydrogen (secondary N) is 1. The third-order valence-corrected chi connectivity index (χ3v) is 4.32. The monoisotopic (exact) mass is 332 g/mol. The van der Waals surface area contributed by atoms with Crippen molar-refractivity contribution in [2.24, 2.45) is 5.73 Å². The lowest BCUT2D eigenvalue weighted by molar-refractivity contribution is -0.116. The summed E-state index contributed by atoms with van der Waals surface area (Å²) in [4.78, 5) is 30.5. The quantitative estimate of drug-likeness (QED) is 0.767. The van der Waals surface area contributed by atoms with Gasteiger partial charge in [-0.25, -0.2) is 0 Å². The molecular weight excluding hydrogens is 316 g/mol. The van der Waals surface area contributed by atoms with E-state index in [9.17, 15) is 9.59 Å². The van der Waals surface area contributed by atoms with Crippen molar-refractivity contribution >= 4 is 28.4 Å². The molecule has 1 aliphatic rings. The highest BCUT2D eigenvalue weighted by molar-refractivity contribution is 6.03. The fourth-order valence-electron chi connectivity index (χ4n) is 3.27. The summed E-state index contributed by atoms with van der Waals surface area (Å²) < 4.78 is 0. The molecule has 2 heterocycles. The maximum atomic E-state index is 12.6. The number of amides is 2. The van der Waals surface area contributed by atoms with E-state index in [1.807, 2.05) is 47.4 Å². The summed E-state index contributed by atoms with van der Waals surface area (Å²) in [6.45, 7) is -0.00875. The number of fused-ring (bicyclic) bond motifs is 2. The molecule has 1 aromatic heterocycles. The van der Waals surface area contributed by atoms with Crippen molar-refractivity contribution in [2.75, 3.05) is 11.4 Å². The van der Waals surface area contributed by atoms with Gasteiger partial charge in [0, 0.05) is 17.1 Å². The summed E-state index contributed by atoms with van der Waals surface area (Å²) in [5, 5.41) is 3.94. The first-order valence-corrected chi connectivity index (χ1v) is 7.93. The van der Waals surface area contributed by atoms with Crippen LogP contribution in [0.3, 0.4) is 0 Å². The average Bonchev–Trinajstić information content (AvgIpc) is 2.63. The Labute approximate surface area is 144 Å². The molecule has 0 bridgehead atoms. The molecule has 2 amide bonds. The van der Waals surface area contributed by atoms with Crippen molar-refractivity contribution in [1.82, 2.24) is 10.3 Å². The molecule has 0 spiro atoms. The van der Waals surface area contributed by atoms with Crippen LogP contribution in [0.25, 0.3) is 10.9 Å². The van der Waals surface area contributed by atoms with E-state index < -0.39 is 12.1 Å². The number of benzene rings is 2. The molecular formula is C19H16N4O2. The van der Waals surface area contributed by atoms with E-state index in [1.165, 1.54) is 0 Å². The Bertz CT molecular complexity index is 981. The topological polar surface area (TPSA) is 88.3 Å². The molecule has 25 heavy (non-hydrogen) atoms. The summed E-state index contributed by atoms with van der Waals surface area (Å²) in [7, 11) is 0. The van der Waals surface area contributed by atoms with E-state index in [0.29, 0.717) is 11.3 Å². The van der Waals surface area contributed by atoms with Gasteiger partial charge in [-0.2, -0.15) is 0 Å². The van der Waals surface area contributed by atoms with Crippen molar-refractivity contribution in [2.45, 2.75) is 6.17 Å². The zero-order valence-electron chi connectivity index (χ0n) is 13.3. The molecule has 6 heteroatoms. The minimum Gasteiger partial charge on any atom is -0.368 e. The molecule has 1 aliphatic heterocycles. The van der Waals surface area contributed by atoms with Crippen LogP contribution in [0.4, 0.5) is 5.69 Å². The van der Waals surface area contributed by atoms with Crippen LogP contribution in [0.15, 0.2) is 60.8 Å². The number of anilines is 1. The van der Waals surface area contributed by atoms with Crippen LogP contribution >= 0.6 is 0 Å². The molecule has 124 valence electrons. The number of carbonyl (C=O) groups is 2. The normalized spacial score (nSPS) is 16.4. The van der Waals surface area contributed by atoms with Gasteiger partial charge in [0.2, 0.25) is 5.91 Å². The van der Waals surface area contributed by atoms with Crippen molar-refractivity contribution in [3.8, 4) is 0 Å². The zero-order valence-corrected chi connectivity index (χ0v) is 13.3. The second-order valence-corrected chi connectivity index (χ2v) is 5.91. The standard InChI is InChI=1S/C19H16N4O2/c20-16(24)11-23-15-9-2-1-7-13(15)19(25)22-18(23)14-8-3-5-12-6-4-10-21-17(12)14/h1-10,18H,11H2,(H2,20,24)(H,22,25)/t18-/m1/s1. The Balaban J connectivity index is 1.90. The van der Waals surface area contributed by atoms with E-state index in [4.69, 9.17) is 5.73 Å². The van der Waals surface area contributed by atoms with Crippen molar-refractivity contribution in [1.29, 1.82) is 0 Å². The van der Waals surface area contributed by atoms with Gasteiger partial charge >= 0.3 is 0 Å². The maximum absolute atomic E-state index is 12.6. The molecule has 0 aliphatic carbocycles. The smallest absolute Gasteiger partial charge is 0.255 e. The predicted molar refractivity (Wildman–Crippen MR) is 94.9 cm³/mol. The summed E-state index contributed by atoms with van der Waals surface area (Å²) in [6, 6.07) is 16.8. The van der Waals surface area contributed by atoms with Crippen molar-refractivity contribution in [3.63, 3.8) is 0 Å². The molecule has 3 aromatic rings. The molecule has 0 fully saturated rings. The number of para-hydroxylation sites is 2. The summed E-state index contributed by atoms with van der Waals surface area (Å²) in [5.41, 5.74) is 8.27. The second-order valence-electron chi connectivity index (χ2n) is 5.91. The Kier molecular flexibility index (Phi) is 3.57.